The van der Waals surface area contributed by atoms with Gasteiger partial charge in [0.2, 0.25) is 5.91 Å². The third kappa shape index (κ3) is 5.07. The van der Waals surface area contributed by atoms with Crippen molar-refractivity contribution in [2.75, 3.05) is 38.2 Å². The van der Waals surface area contributed by atoms with E-state index in [0.717, 1.165) is 60.1 Å². The number of fused-ring (bicyclic) bond motifs is 1. The number of hydrogen-bond acceptors (Lipinski definition) is 6. The maximum Gasteiger partial charge on any atom is 0.230 e. The summed E-state index contributed by atoms with van der Waals surface area (Å²) in [5.41, 5.74) is 0.668. The summed E-state index contributed by atoms with van der Waals surface area (Å²) in [6.07, 6.45) is 4.94. The minimum Gasteiger partial charge on any atom is -0.389 e. The number of nitrogens with one attached hydrogen (secondary N) is 1. The number of anilines is 1. The number of amides is 1. The van der Waals surface area contributed by atoms with Gasteiger partial charge in [0.05, 0.1) is 43.0 Å². The first-order valence-electron chi connectivity index (χ1n) is 12.7. The van der Waals surface area contributed by atoms with Crippen LogP contribution in [0.4, 0.5) is 5.82 Å². The van der Waals surface area contributed by atoms with Crippen LogP contribution in [0.3, 0.4) is 0 Å². The molecule has 0 unspecified atom stereocenters. The van der Waals surface area contributed by atoms with E-state index in [0.29, 0.717) is 31.6 Å². The fraction of sp³-hybridized carbons (Fsp3) is 0.630. The summed E-state index contributed by atoms with van der Waals surface area (Å²) in [5, 5.41) is 16.1. The first-order chi connectivity index (χ1) is 16.6. The van der Waals surface area contributed by atoms with Gasteiger partial charge in [0.25, 0.3) is 0 Å². The number of hydrogen-bond donors (Lipinski definition) is 2. The molecule has 0 spiro atoms. The molecule has 7 nitrogen and oxygen atoms in total. The van der Waals surface area contributed by atoms with E-state index in [1.165, 1.54) is 0 Å². The van der Waals surface area contributed by atoms with Crippen LogP contribution in [0, 0.1) is 5.92 Å². The molecule has 0 aliphatic carbocycles. The molecule has 2 N–H and O–H groups in total. The number of benzene rings is 1. The van der Waals surface area contributed by atoms with Crippen LogP contribution < -0.4 is 5.32 Å². The van der Waals surface area contributed by atoms with E-state index >= 15 is 0 Å². The molecule has 1 aromatic carbocycles. The molecule has 8 heteroatoms. The molecule has 5 rings (SSSR count). The lowest BCUT2D eigenvalue weighted by Crippen LogP contribution is -2.56. The van der Waals surface area contributed by atoms with Crippen molar-refractivity contribution < 1.29 is 19.4 Å². The number of aromatic nitrogens is 1. The fourth-order valence-corrected chi connectivity index (χ4v) is 5.99. The van der Waals surface area contributed by atoms with Gasteiger partial charge in [-0.05, 0) is 94.6 Å². The van der Waals surface area contributed by atoms with Gasteiger partial charge >= 0.3 is 0 Å². The largest absolute Gasteiger partial charge is 0.389 e. The predicted molar refractivity (Wildman–Crippen MR) is 137 cm³/mol. The average molecular weight is 502 g/mol. The van der Waals surface area contributed by atoms with Crippen LogP contribution in [0.5, 0.6) is 0 Å². The van der Waals surface area contributed by atoms with Crippen molar-refractivity contribution in [2.45, 2.75) is 69.6 Å². The lowest BCUT2D eigenvalue weighted by molar-refractivity contribution is -0.131. The number of carbonyl (C=O) groups is 1. The van der Waals surface area contributed by atoms with Gasteiger partial charge in [0, 0.05) is 16.6 Å². The number of ether oxygens (including phenoxy) is 2. The van der Waals surface area contributed by atoms with Crippen LogP contribution in [0.25, 0.3) is 10.8 Å². The van der Waals surface area contributed by atoms with Crippen molar-refractivity contribution in [1.82, 2.24) is 9.88 Å². The fourth-order valence-electron chi connectivity index (χ4n) is 5.66. The van der Waals surface area contributed by atoms with Crippen molar-refractivity contribution in [3.05, 3.63) is 35.0 Å². The Balaban J connectivity index is 1.28. The van der Waals surface area contributed by atoms with E-state index in [-0.39, 0.29) is 23.0 Å². The van der Waals surface area contributed by atoms with E-state index < -0.39 is 6.10 Å². The third-order valence-electron chi connectivity index (χ3n) is 8.27. The molecule has 4 heterocycles. The molecule has 3 atom stereocenters. The molecule has 3 aliphatic heterocycles. The minimum absolute atomic E-state index is 0.0412. The second kappa shape index (κ2) is 9.60. The monoisotopic (exact) mass is 501 g/mol. The van der Waals surface area contributed by atoms with Crippen LogP contribution in [-0.2, 0) is 14.3 Å². The molecule has 1 aromatic heterocycles. The van der Waals surface area contributed by atoms with Crippen LogP contribution in [0.2, 0.25) is 5.02 Å². The first kappa shape index (κ1) is 24.9. The number of aliphatic hydroxyl groups excluding tert-OH is 1. The average Bonchev–Trinajstić information content (AvgIpc) is 3.18. The molecule has 35 heavy (non-hydrogen) atoms. The summed E-state index contributed by atoms with van der Waals surface area (Å²) >= 11 is 6.71. The van der Waals surface area contributed by atoms with Crippen LogP contribution in [0.1, 0.15) is 57.9 Å². The molecular formula is C27H36ClN3O4. The summed E-state index contributed by atoms with van der Waals surface area (Å²) in [6.45, 7) is 9.43. The normalized spacial score (nSPS) is 30.0. The van der Waals surface area contributed by atoms with Gasteiger partial charge in [0.15, 0.2) is 0 Å². The Kier molecular flexibility index (Phi) is 6.83. The number of rotatable bonds is 4. The summed E-state index contributed by atoms with van der Waals surface area (Å²) in [5.74, 6) is 0.705. The molecular weight excluding hydrogens is 466 g/mol. The number of nitrogens with zero attached hydrogens (tertiary/aromatic N) is 2. The molecule has 190 valence electrons. The Bertz CT molecular complexity index is 1090. The number of aliphatic hydroxyl groups is 1. The molecule has 3 fully saturated rings. The number of pyridine rings is 1. The highest BCUT2D eigenvalue weighted by atomic mass is 35.5. The summed E-state index contributed by atoms with van der Waals surface area (Å²) in [6, 6.07) is 6.06. The van der Waals surface area contributed by atoms with Gasteiger partial charge in [-0.3, -0.25) is 9.69 Å². The highest BCUT2D eigenvalue weighted by Crippen LogP contribution is 2.38. The molecule has 3 aliphatic rings. The van der Waals surface area contributed by atoms with Crippen molar-refractivity contribution in [3.63, 3.8) is 0 Å². The number of carbonyl (C=O) groups excluding carboxylic acids is 1. The van der Waals surface area contributed by atoms with Gasteiger partial charge in [0.1, 0.15) is 5.82 Å². The third-order valence-corrected chi connectivity index (χ3v) is 8.60. The zero-order valence-corrected chi connectivity index (χ0v) is 21.6. The predicted octanol–water partition coefficient (Wildman–Crippen LogP) is 4.36. The molecule has 0 saturated carbocycles. The van der Waals surface area contributed by atoms with Crippen molar-refractivity contribution in [1.29, 1.82) is 0 Å². The summed E-state index contributed by atoms with van der Waals surface area (Å²) in [4.78, 5) is 19.6. The molecule has 2 aromatic rings. The molecule has 3 saturated heterocycles. The zero-order valence-electron chi connectivity index (χ0n) is 20.8. The number of halogens is 1. The Morgan fingerprint density at radius 3 is 2.57 bits per heavy atom. The second-order valence-electron chi connectivity index (χ2n) is 11.2. The Morgan fingerprint density at radius 2 is 1.91 bits per heavy atom. The molecule has 0 radical (unpaired) electrons. The van der Waals surface area contributed by atoms with Gasteiger partial charge in [-0.1, -0.05) is 11.6 Å². The second-order valence-corrected chi connectivity index (χ2v) is 11.6. The maximum absolute atomic E-state index is 12.8. The standard InChI is InChI=1S/C27H36ClN3O4/c1-26(2)7-4-18(14-35-26)25(33)30-24-12-19-10-21(22(28)11-20(19)13-29-24)17-5-8-31(9-6-17)27(3)16-34-15-23(27)32/h10-13,17-18,23,32H,4-9,14-16H2,1-3H3,(H,29,30,33)/t18-,23-,27+/m1/s1. The Hall–Kier alpha value is -1.77. The summed E-state index contributed by atoms with van der Waals surface area (Å²) in [7, 11) is 0. The first-order valence-corrected chi connectivity index (χ1v) is 13.1. The molecule has 0 bridgehead atoms. The van der Waals surface area contributed by atoms with Crippen LogP contribution >= 0.6 is 11.6 Å². The summed E-state index contributed by atoms with van der Waals surface area (Å²) < 4.78 is 11.4. The van der Waals surface area contributed by atoms with Crippen LogP contribution in [0.15, 0.2) is 24.4 Å². The van der Waals surface area contributed by atoms with E-state index in [4.69, 9.17) is 21.1 Å². The smallest absolute Gasteiger partial charge is 0.230 e. The van der Waals surface area contributed by atoms with Gasteiger partial charge < -0.3 is 19.9 Å². The van der Waals surface area contributed by atoms with Gasteiger partial charge in [-0.2, -0.15) is 0 Å². The van der Waals surface area contributed by atoms with E-state index in [1.807, 2.05) is 12.1 Å². The van der Waals surface area contributed by atoms with Crippen molar-refractivity contribution in [2.24, 2.45) is 5.92 Å². The van der Waals surface area contributed by atoms with Crippen molar-refractivity contribution in [3.8, 4) is 0 Å². The van der Waals surface area contributed by atoms with E-state index in [1.54, 1.807) is 6.20 Å². The van der Waals surface area contributed by atoms with E-state index in [2.05, 4.69) is 42.0 Å². The topological polar surface area (TPSA) is 83.9 Å². The Morgan fingerprint density at radius 1 is 1.14 bits per heavy atom. The van der Waals surface area contributed by atoms with Crippen molar-refractivity contribution >= 4 is 34.1 Å². The van der Waals surface area contributed by atoms with E-state index in [9.17, 15) is 9.90 Å². The lowest BCUT2D eigenvalue weighted by atomic mass is 9.85. The SMILES string of the molecule is CC1(C)CC[C@@H](C(=O)Nc2cc3cc(C4CCN([C@@]5(C)COC[C@H]5O)CC4)c(Cl)cc3cn2)CO1. The number of piperidine rings is 1. The van der Waals surface area contributed by atoms with Crippen LogP contribution in [-0.4, -0.2) is 71.1 Å². The molecule has 1 amide bonds. The Labute approximate surface area is 212 Å². The highest BCUT2D eigenvalue weighted by Gasteiger charge is 2.45. The highest BCUT2D eigenvalue weighted by molar-refractivity contribution is 6.32. The maximum atomic E-state index is 12.8. The van der Waals surface area contributed by atoms with Gasteiger partial charge in [-0.15, -0.1) is 0 Å². The van der Waals surface area contributed by atoms with Gasteiger partial charge in [-0.25, -0.2) is 4.98 Å². The number of likely N-dealkylation sites (tertiary alicyclic amines) is 1. The zero-order chi connectivity index (χ0) is 24.8. The lowest BCUT2D eigenvalue weighted by Gasteiger charge is -2.43. The minimum atomic E-state index is -0.448. The quantitative estimate of drug-likeness (QED) is 0.647.